The standard InChI is InChI=1S/C31H33FN4O3/c1-3-39-30(37)29(25-7-5-4-6-8-25)34-19-17-33(18-20-34)27-13-15-28(16-14-27)36-22-21-35(31(36)38)23(2)24-9-11-26(32)12-10-24/h4-16,21-23,29H,3,17-20H2,1-2H3/t23-,29-/m1/s1. The number of piperazine rings is 1. The Morgan fingerprint density at radius 1 is 0.846 bits per heavy atom. The molecule has 1 aliphatic rings. The van der Waals surface area contributed by atoms with Crippen LogP contribution in [0.3, 0.4) is 0 Å². The summed E-state index contributed by atoms with van der Waals surface area (Å²) in [4.78, 5) is 30.4. The number of hydrogen-bond acceptors (Lipinski definition) is 5. The van der Waals surface area contributed by atoms with Gasteiger partial charge in [-0.1, -0.05) is 42.5 Å². The molecule has 2 heterocycles. The van der Waals surface area contributed by atoms with Crippen LogP contribution in [0.1, 0.15) is 37.1 Å². The van der Waals surface area contributed by atoms with Crippen LogP contribution in [0.5, 0.6) is 0 Å². The monoisotopic (exact) mass is 528 g/mol. The van der Waals surface area contributed by atoms with E-state index in [-0.39, 0.29) is 23.5 Å². The summed E-state index contributed by atoms with van der Waals surface area (Å²) in [6.45, 7) is 7.10. The van der Waals surface area contributed by atoms with Crippen molar-refractivity contribution in [2.45, 2.75) is 25.9 Å². The number of benzene rings is 3. The number of ether oxygens (including phenoxy) is 1. The first kappa shape index (κ1) is 26.4. The highest BCUT2D eigenvalue weighted by atomic mass is 19.1. The Kier molecular flexibility index (Phi) is 7.93. The van der Waals surface area contributed by atoms with Crippen molar-refractivity contribution in [1.29, 1.82) is 0 Å². The zero-order chi connectivity index (χ0) is 27.4. The lowest BCUT2D eigenvalue weighted by molar-refractivity contribution is -0.150. The lowest BCUT2D eigenvalue weighted by Gasteiger charge is -2.39. The molecular formula is C31H33FN4O3. The van der Waals surface area contributed by atoms with Crippen LogP contribution in [0.15, 0.2) is 96.1 Å². The minimum Gasteiger partial charge on any atom is -0.465 e. The van der Waals surface area contributed by atoms with Crippen LogP contribution >= 0.6 is 0 Å². The van der Waals surface area contributed by atoms with Crippen molar-refractivity contribution in [2.24, 2.45) is 0 Å². The van der Waals surface area contributed by atoms with E-state index < -0.39 is 6.04 Å². The van der Waals surface area contributed by atoms with Gasteiger partial charge in [-0.05, 0) is 61.4 Å². The number of imidazole rings is 1. The first-order valence-corrected chi connectivity index (χ1v) is 13.3. The molecule has 1 aliphatic heterocycles. The quantitative estimate of drug-likeness (QED) is 0.307. The van der Waals surface area contributed by atoms with E-state index in [1.165, 1.54) is 12.1 Å². The molecule has 0 radical (unpaired) electrons. The maximum Gasteiger partial charge on any atom is 0.333 e. The Morgan fingerprint density at radius 2 is 1.49 bits per heavy atom. The second-order valence-corrected chi connectivity index (χ2v) is 9.69. The van der Waals surface area contributed by atoms with Gasteiger partial charge in [0.15, 0.2) is 0 Å². The van der Waals surface area contributed by atoms with E-state index in [1.807, 2.05) is 68.4 Å². The van der Waals surface area contributed by atoms with Crippen molar-refractivity contribution >= 4 is 11.7 Å². The summed E-state index contributed by atoms with van der Waals surface area (Å²) in [5, 5.41) is 0. The Bertz CT molecular complexity index is 1440. The van der Waals surface area contributed by atoms with Crippen LogP contribution < -0.4 is 10.6 Å². The number of anilines is 1. The van der Waals surface area contributed by atoms with Crippen molar-refractivity contribution in [1.82, 2.24) is 14.0 Å². The van der Waals surface area contributed by atoms with Gasteiger partial charge in [0, 0.05) is 44.3 Å². The smallest absolute Gasteiger partial charge is 0.333 e. The molecule has 0 saturated carbocycles. The molecule has 0 aliphatic carbocycles. The van der Waals surface area contributed by atoms with E-state index >= 15 is 0 Å². The van der Waals surface area contributed by atoms with Gasteiger partial charge in [-0.25, -0.2) is 14.0 Å². The fourth-order valence-corrected chi connectivity index (χ4v) is 5.20. The molecule has 8 heteroatoms. The van der Waals surface area contributed by atoms with Gasteiger partial charge in [0.2, 0.25) is 0 Å². The number of rotatable bonds is 8. The molecular weight excluding hydrogens is 495 g/mol. The molecule has 0 N–H and O–H groups in total. The Labute approximate surface area is 227 Å². The summed E-state index contributed by atoms with van der Waals surface area (Å²) in [5.41, 5.74) is 3.50. The Morgan fingerprint density at radius 3 is 2.13 bits per heavy atom. The second-order valence-electron chi connectivity index (χ2n) is 9.69. The van der Waals surface area contributed by atoms with Crippen LogP contribution in [0, 0.1) is 5.82 Å². The van der Waals surface area contributed by atoms with Gasteiger partial charge in [-0.2, -0.15) is 0 Å². The van der Waals surface area contributed by atoms with E-state index in [1.54, 1.807) is 33.7 Å². The summed E-state index contributed by atoms with van der Waals surface area (Å²) < 4.78 is 22.0. The van der Waals surface area contributed by atoms with Crippen molar-refractivity contribution < 1.29 is 13.9 Å². The van der Waals surface area contributed by atoms with Crippen LogP contribution in [0.2, 0.25) is 0 Å². The molecule has 39 heavy (non-hydrogen) atoms. The van der Waals surface area contributed by atoms with Gasteiger partial charge in [0.25, 0.3) is 0 Å². The zero-order valence-electron chi connectivity index (χ0n) is 22.2. The fraction of sp³-hybridized carbons (Fsp3) is 0.290. The average Bonchev–Trinajstić information content (AvgIpc) is 3.35. The van der Waals surface area contributed by atoms with Gasteiger partial charge < -0.3 is 9.64 Å². The number of halogens is 1. The van der Waals surface area contributed by atoms with Gasteiger partial charge in [0.1, 0.15) is 11.9 Å². The van der Waals surface area contributed by atoms with E-state index in [9.17, 15) is 14.0 Å². The predicted octanol–water partition coefficient (Wildman–Crippen LogP) is 4.81. The minimum atomic E-state index is -0.413. The molecule has 202 valence electrons. The van der Waals surface area contributed by atoms with Gasteiger partial charge in [0.05, 0.1) is 18.3 Å². The zero-order valence-corrected chi connectivity index (χ0v) is 22.2. The average molecular weight is 529 g/mol. The van der Waals surface area contributed by atoms with Gasteiger partial charge >= 0.3 is 11.7 Å². The van der Waals surface area contributed by atoms with Crippen LogP contribution in [-0.2, 0) is 9.53 Å². The highest BCUT2D eigenvalue weighted by Crippen LogP contribution is 2.26. The molecule has 3 aromatic carbocycles. The number of carbonyl (C=O) groups excluding carboxylic acids is 1. The molecule has 0 spiro atoms. The number of nitrogens with zero attached hydrogens (tertiary/aromatic N) is 4. The molecule has 5 rings (SSSR count). The summed E-state index contributed by atoms with van der Waals surface area (Å²) in [6, 6.07) is 23.3. The number of hydrogen-bond donors (Lipinski definition) is 0. The fourth-order valence-electron chi connectivity index (χ4n) is 5.20. The van der Waals surface area contributed by atoms with Crippen LogP contribution in [-0.4, -0.2) is 52.8 Å². The summed E-state index contributed by atoms with van der Waals surface area (Å²) in [5.74, 6) is -0.514. The summed E-state index contributed by atoms with van der Waals surface area (Å²) in [6.07, 6.45) is 3.52. The third-order valence-electron chi connectivity index (χ3n) is 7.37. The maximum absolute atomic E-state index is 13.3. The third-order valence-corrected chi connectivity index (χ3v) is 7.37. The molecule has 2 atom stereocenters. The normalized spacial score (nSPS) is 15.6. The molecule has 4 aromatic rings. The second kappa shape index (κ2) is 11.7. The number of carbonyl (C=O) groups is 1. The summed E-state index contributed by atoms with van der Waals surface area (Å²) in [7, 11) is 0. The first-order valence-electron chi connectivity index (χ1n) is 13.3. The predicted molar refractivity (Wildman–Crippen MR) is 150 cm³/mol. The number of aromatic nitrogens is 2. The van der Waals surface area contributed by atoms with E-state index in [0.29, 0.717) is 6.61 Å². The van der Waals surface area contributed by atoms with Gasteiger partial charge in [-0.3, -0.25) is 14.0 Å². The molecule has 1 aromatic heterocycles. The summed E-state index contributed by atoms with van der Waals surface area (Å²) >= 11 is 0. The molecule has 0 unspecified atom stereocenters. The Hall–Kier alpha value is -4.17. The topological polar surface area (TPSA) is 59.7 Å². The molecule has 7 nitrogen and oxygen atoms in total. The minimum absolute atomic E-state index is 0.154. The van der Waals surface area contributed by atoms with E-state index in [4.69, 9.17) is 4.74 Å². The highest BCUT2D eigenvalue weighted by Gasteiger charge is 2.31. The SMILES string of the molecule is CCOC(=O)[C@@H](c1ccccc1)N1CCN(c2ccc(-n3ccn([C@H](C)c4ccc(F)cc4)c3=O)cc2)CC1. The lowest BCUT2D eigenvalue weighted by atomic mass is 10.0. The molecule has 0 bridgehead atoms. The Balaban J connectivity index is 1.27. The van der Waals surface area contributed by atoms with Gasteiger partial charge in [-0.15, -0.1) is 0 Å². The van der Waals surface area contributed by atoms with Crippen molar-refractivity contribution in [3.8, 4) is 5.69 Å². The molecule has 0 amide bonds. The van der Waals surface area contributed by atoms with Crippen molar-refractivity contribution in [2.75, 3.05) is 37.7 Å². The number of esters is 1. The van der Waals surface area contributed by atoms with Crippen LogP contribution in [0.25, 0.3) is 5.69 Å². The molecule has 1 saturated heterocycles. The lowest BCUT2D eigenvalue weighted by Crippen LogP contribution is -2.49. The molecule has 1 fully saturated rings. The van der Waals surface area contributed by atoms with Crippen molar-refractivity contribution in [3.63, 3.8) is 0 Å². The highest BCUT2D eigenvalue weighted by molar-refractivity contribution is 5.77. The van der Waals surface area contributed by atoms with Crippen molar-refractivity contribution in [3.05, 3.63) is 119 Å². The largest absolute Gasteiger partial charge is 0.465 e. The van der Waals surface area contributed by atoms with Crippen LogP contribution in [0.4, 0.5) is 10.1 Å². The maximum atomic E-state index is 13.3. The van der Waals surface area contributed by atoms with E-state index in [0.717, 1.165) is 48.7 Å². The van der Waals surface area contributed by atoms with E-state index in [2.05, 4.69) is 9.80 Å². The first-order chi connectivity index (χ1) is 19.0. The third kappa shape index (κ3) is 5.66.